The van der Waals surface area contributed by atoms with E-state index in [4.69, 9.17) is 4.74 Å². The summed E-state index contributed by atoms with van der Waals surface area (Å²) in [7, 11) is 0. The standard InChI is InChI=1S/C16H27NO2/c1-11-7-12(2)13(3)15(8-11)19-10-14(18)9-17-16(4,5)6/h7-8,14,17-18H,9-10H2,1-6H3. The molecule has 3 heteroatoms. The Morgan fingerprint density at radius 2 is 1.84 bits per heavy atom. The van der Waals surface area contributed by atoms with Crippen molar-refractivity contribution in [3.63, 3.8) is 0 Å². The zero-order valence-electron chi connectivity index (χ0n) is 13.0. The molecule has 0 aliphatic heterocycles. The number of hydrogen-bond donors (Lipinski definition) is 2. The average molecular weight is 265 g/mol. The molecule has 0 aliphatic rings. The number of β-amino-alcohol motifs (C(OH)–C–C–N with tert-alkyl or cyclic N) is 1. The SMILES string of the molecule is Cc1cc(C)c(C)c(OCC(O)CNC(C)(C)C)c1. The summed E-state index contributed by atoms with van der Waals surface area (Å²) in [6.07, 6.45) is -0.501. The summed E-state index contributed by atoms with van der Waals surface area (Å²) in [5.74, 6) is 0.868. The van der Waals surface area contributed by atoms with Gasteiger partial charge in [0.05, 0.1) is 0 Å². The lowest BCUT2D eigenvalue weighted by Crippen LogP contribution is -2.42. The van der Waals surface area contributed by atoms with E-state index in [2.05, 4.69) is 46.0 Å². The van der Waals surface area contributed by atoms with Gasteiger partial charge in [0, 0.05) is 12.1 Å². The van der Waals surface area contributed by atoms with E-state index < -0.39 is 6.10 Å². The molecule has 0 saturated carbocycles. The summed E-state index contributed by atoms with van der Waals surface area (Å²) >= 11 is 0. The molecule has 0 aromatic heterocycles. The van der Waals surface area contributed by atoms with Crippen molar-refractivity contribution in [3.8, 4) is 5.75 Å². The van der Waals surface area contributed by atoms with Gasteiger partial charge in [-0.15, -0.1) is 0 Å². The Labute approximate surface area is 117 Å². The van der Waals surface area contributed by atoms with Crippen molar-refractivity contribution in [2.75, 3.05) is 13.2 Å². The van der Waals surface area contributed by atoms with Gasteiger partial charge in [-0.1, -0.05) is 6.07 Å². The third-order valence-electron chi connectivity index (χ3n) is 3.06. The van der Waals surface area contributed by atoms with Gasteiger partial charge in [-0.3, -0.25) is 0 Å². The molecule has 0 saturated heterocycles. The molecule has 1 aromatic carbocycles. The first-order chi connectivity index (χ1) is 8.69. The Bertz CT molecular complexity index is 421. The normalized spacial score (nSPS) is 13.4. The molecule has 0 amide bonds. The lowest BCUT2D eigenvalue weighted by Gasteiger charge is -2.23. The fraction of sp³-hybridized carbons (Fsp3) is 0.625. The Morgan fingerprint density at radius 3 is 2.42 bits per heavy atom. The van der Waals surface area contributed by atoms with Gasteiger partial charge in [-0.05, 0) is 64.3 Å². The van der Waals surface area contributed by atoms with Gasteiger partial charge < -0.3 is 15.2 Å². The van der Waals surface area contributed by atoms with Gasteiger partial charge in [0.2, 0.25) is 0 Å². The first kappa shape index (κ1) is 16.0. The fourth-order valence-corrected chi connectivity index (χ4v) is 1.82. The van der Waals surface area contributed by atoms with Gasteiger partial charge >= 0.3 is 0 Å². The summed E-state index contributed by atoms with van der Waals surface area (Å²) in [5.41, 5.74) is 3.55. The highest BCUT2D eigenvalue weighted by molar-refractivity contribution is 5.41. The third kappa shape index (κ3) is 5.62. The lowest BCUT2D eigenvalue weighted by molar-refractivity contribution is 0.0996. The summed E-state index contributed by atoms with van der Waals surface area (Å²) in [6, 6.07) is 4.16. The number of nitrogens with one attached hydrogen (secondary N) is 1. The number of benzene rings is 1. The maximum atomic E-state index is 9.92. The molecule has 0 bridgehead atoms. The molecule has 2 N–H and O–H groups in total. The average Bonchev–Trinajstić information content (AvgIpc) is 2.28. The number of rotatable bonds is 5. The number of hydrogen-bond acceptors (Lipinski definition) is 3. The fourth-order valence-electron chi connectivity index (χ4n) is 1.82. The predicted octanol–water partition coefficient (Wildman–Crippen LogP) is 2.74. The van der Waals surface area contributed by atoms with Crippen molar-refractivity contribution in [2.24, 2.45) is 0 Å². The van der Waals surface area contributed by atoms with Gasteiger partial charge in [-0.25, -0.2) is 0 Å². The molecular formula is C16H27NO2. The van der Waals surface area contributed by atoms with Crippen LogP contribution < -0.4 is 10.1 Å². The van der Waals surface area contributed by atoms with E-state index in [1.165, 1.54) is 11.1 Å². The molecule has 0 fully saturated rings. The van der Waals surface area contributed by atoms with Crippen molar-refractivity contribution in [2.45, 2.75) is 53.2 Å². The molecule has 0 aliphatic carbocycles. The number of aryl methyl sites for hydroxylation is 2. The van der Waals surface area contributed by atoms with E-state index in [-0.39, 0.29) is 5.54 Å². The maximum absolute atomic E-state index is 9.92. The zero-order chi connectivity index (χ0) is 14.6. The molecule has 0 spiro atoms. The highest BCUT2D eigenvalue weighted by Gasteiger charge is 2.13. The van der Waals surface area contributed by atoms with Crippen molar-refractivity contribution in [3.05, 3.63) is 28.8 Å². The largest absolute Gasteiger partial charge is 0.491 e. The molecule has 0 radical (unpaired) electrons. The van der Waals surface area contributed by atoms with Crippen LogP contribution >= 0.6 is 0 Å². The molecular weight excluding hydrogens is 238 g/mol. The Kier molecular flexibility index (Phi) is 5.39. The highest BCUT2D eigenvalue weighted by Crippen LogP contribution is 2.23. The van der Waals surface area contributed by atoms with Crippen molar-refractivity contribution in [1.29, 1.82) is 0 Å². The Morgan fingerprint density at radius 1 is 1.21 bits per heavy atom. The van der Waals surface area contributed by atoms with Crippen LogP contribution in [0.15, 0.2) is 12.1 Å². The van der Waals surface area contributed by atoms with Gasteiger partial charge in [-0.2, -0.15) is 0 Å². The second-order valence-corrected chi connectivity index (χ2v) is 6.30. The quantitative estimate of drug-likeness (QED) is 0.860. The summed E-state index contributed by atoms with van der Waals surface area (Å²) in [5, 5.41) is 13.2. The van der Waals surface area contributed by atoms with Crippen molar-refractivity contribution in [1.82, 2.24) is 5.32 Å². The second kappa shape index (κ2) is 6.40. The molecule has 3 nitrogen and oxygen atoms in total. The first-order valence-corrected chi connectivity index (χ1v) is 6.83. The van der Waals surface area contributed by atoms with Crippen LogP contribution in [0.25, 0.3) is 0 Å². The molecule has 1 rings (SSSR count). The molecule has 108 valence electrons. The number of aliphatic hydroxyl groups is 1. The van der Waals surface area contributed by atoms with E-state index in [1.54, 1.807) is 0 Å². The third-order valence-corrected chi connectivity index (χ3v) is 3.06. The molecule has 1 atom stereocenters. The van der Waals surface area contributed by atoms with E-state index in [0.717, 1.165) is 11.3 Å². The zero-order valence-corrected chi connectivity index (χ0v) is 13.0. The predicted molar refractivity (Wildman–Crippen MR) is 79.9 cm³/mol. The van der Waals surface area contributed by atoms with Crippen LogP contribution in [0, 0.1) is 20.8 Å². The summed E-state index contributed by atoms with van der Waals surface area (Å²) < 4.78 is 5.74. The van der Waals surface area contributed by atoms with Crippen LogP contribution in [0.2, 0.25) is 0 Å². The van der Waals surface area contributed by atoms with Crippen LogP contribution in [0.4, 0.5) is 0 Å². The molecule has 0 heterocycles. The van der Waals surface area contributed by atoms with Gasteiger partial charge in [0.1, 0.15) is 18.5 Å². The van der Waals surface area contributed by atoms with E-state index >= 15 is 0 Å². The van der Waals surface area contributed by atoms with Gasteiger partial charge in [0.15, 0.2) is 0 Å². The highest BCUT2D eigenvalue weighted by atomic mass is 16.5. The molecule has 19 heavy (non-hydrogen) atoms. The summed E-state index contributed by atoms with van der Waals surface area (Å²) in [6.45, 7) is 13.3. The first-order valence-electron chi connectivity index (χ1n) is 6.83. The minimum absolute atomic E-state index is 0.0107. The smallest absolute Gasteiger partial charge is 0.122 e. The van der Waals surface area contributed by atoms with Crippen LogP contribution in [-0.2, 0) is 0 Å². The van der Waals surface area contributed by atoms with E-state index in [0.29, 0.717) is 13.2 Å². The minimum atomic E-state index is -0.501. The lowest BCUT2D eigenvalue weighted by atomic mass is 10.1. The number of aliphatic hydroxyl groups excluding tert-OH is 1. The second-order valence-electron chi connectivity index (χ2n) is 6.30. The monoisotopic (exact) mass is 265 g/mol. The summed E-state index contributed by atoms with van der Waals surface area (Å²) in [4.78, 5) is 0. The van der Waals surface area contributed by atoms with Crippen LogP contribution in [0.1, 0.15) is 37.5 Å². The number of ether oxygens (including phenoxy) is 1. The van der Waals surface area contributed by atoms with Crippen LogP contribution in [0.5, 0.6) is 5.75 Å². The van der Waals surface area contributed by atoms with Crippen molar-refractivity contribution >= 4 is 0 Å². The topological polar surface area (TPSA) is 41.5 Å². The van der Waals surface area contributed by atoms with E-state index in [1.807, 2.05) is 13.0 Å². The van der Waals surface area contributed by atoms with Crippen LogP contribution in [0.3, 0.4) is 0 Å². The van der Waals surface area contributed by atoms with Gasteiger partial charge in [0.25, 0.3) is 0 Å². The molecule has 1 aromatic rings. The minimum Gasteiger partial charge on any atom is -0.491 e. The molecule has 1 unspecified atom stereocenters. The van der Waals surface area contributed by atoms with Crippen LogP contribution in [-0.4, -0.2) is 29.9 Å². The van der Waals surface area contributed by atoms with Crippen molar-refractivity contribution < 1.29 is 9.84 Å². The van der Waals surface area contributed by atoms with E-state index in [9.17, 15) is 5.11 Å². The maximum Gasteiger partial charge on any atom is 0.122 e. The Hall–Kier alpha value is -1.06. The Balaban J connectivity index is 2.53.